The highest BCUT2D eigenvalue weighted by atomic mass is 35.5. The van der Waals surface area contributed by atoms with Crippen molar-refractivity contribution in [3.63, 3.8) is 0 Å². The third-order valence-corrected chi connectivity index (χ3v) is 7.44. The molecule has 1 aliphatic heterocycles. The van der Waals surface area contributed by atoms with E-state index in [9.17, 15) is 10.4 Å². The average Bonchev–Trinajstić information content (AvgIpc) is 3.40. The molecule has 3 atom stereocenters. The summed E-state index contributed by atoms with van der Waals surface area (Å²) in [4.78, 5) is 7.43. The van der Waals surface area contributed by atoms with Crippen LogP contribution in [0.3, 0.4) is 0 Å². The molecule has 1 saturated heterocycles. The van der Waals surface area contributed by atoms with Gasteiger partial charge in [0.25, 0.3) is 0 Å². The number of aromatic nitrogens is 2. The topological polar surface area (TPSA) is 64.6 Å². The Bertz CT molecular complexity index is 1130. The van der Waals surface area contributed by atoms with Gasteiger partial charge < -0.3 is 10.0 Å². The summed E-state index contributed by atoms with van der Waals surface area (Å²) < 4.78 is 2.26. The van der Waals surface area contributed by atoms with E-state index in [1.807, 2.05) is 12.1 Å². The number of rotatable bonds is 2. The lowest BCUT2D eigenvalue weighted by Crippen LogP contribution is -2.44. The molecule has 3 aromatic rings. The largest absolute Gasteiger partial charge is 0.396 e. The van der Waals surface area contributed by atoms with Gasteiger partial charge in [-0.15, -0.1) is 12.4 Å². The lowest BCUT2D eigenvalue weighted by molar-refractivity contribution is 0.146. The van der Waals surface area contributed by atoms with Crippen LogP contribution in [0.4, 0.5) is 5.82 Å². The molecule has 0 spiro atoms. The number of para-hydroxylation sites is 2. The third kappa shape index (κ3) is 2.52. The SMILES string of the molecule is Cl.N#Cc1c2c(c(N3C[C@H]4CC[C@@H](C3)C4CO)n3c1nc1ccccc13)CCC2. The van der Waals surface area contributed by atoms with Gasteiger partial charge in [-0.2, -0.15) is 5.26 Å². The molecule has 2 aromatic heterocycles. The van der Waals surface area contributed by atoms with E-state index in [4.69, 9.17) is 4.98 Å². The van der Waals surface area contributed by atoms with Gasteiger partial charge in [-0.05, 0) is 73.1 Å². The van der Waals surface area contributed by atoms with Gasteiger partial charge in [0.05, 0.1) is 16.6 Å². The summed E-state index contributed by atoms with van der Waals surface area (Å²) in [6.07, 6.45) is 5.57. The number of nitriles is 1. The fraction of sp³-hybridized carbons (Fsp3) is 0.478. The van der Waals surface area contributed by atoms with Crippen molar-refractivity contribution in [3.05, 3.63) is 41.0 Å². The Labute approximate surface area is 176 Å². The molecule has 2 fully saturated rings. The number of nitrogens with zero attached hydrogens (tertiary/aromatic N) is 4. The van der Waals surface area contributed by atoms with Gasteiger partial charge in [0.1, 0.15) is 11.9 Å². The lowest BCUT2D eigenvalue weighted by Gasteiger charge is -2.39. The summed E-state index contributed by atoms with van der Waals surface area (Å²) in [5, 5.41) is 19.8. The van der Waals surface area contributed by atoms with Crippen molar-refractivity contribution < 1.29 is 5.11 Å². The van der Waals surface area contributed by atoms with Crippen molar-refractivity contribution >= 4 is 34.9 Å². The van der Waals surface area contributed by atoms with Crippen LogP contribution in [0.1, 0.15) is 36.0 Å². The highest BCUT2D eigenvalue weighted by molar-refractivity contribution is 5.86. The first kappa shape index (κ1) is 18.7. The van der Waals surface area contributed by atoms with Crippen molar-refractivity contribution in [2.75, 3.05) is 24.6 Å². The summed E-state index contributed by atoms with van der Waals surface area (Å²) in [5.41, 5.74) is 6.20. The molecule has 5 nitrogen and oxygen atoms in total. The number of benzene rings is 1. The zero-order valence-electron chi connectivity index (χ0n) is 16.3. The van der Waals surface area contributed by atoms with Crippen LogP contribution in [-0.2, 0) is 12.8 Å². The number of fused-ring (bicyclic) bond motifs is 6. The summed E-state index contributed by atoms with van der Waals surface area (Å²) in [6.45, 7) is 2.32. The monoisotopic (exact) mass is 408 g/mol. The fourth-order valence-electron chi connectivity index (χ4n) is 6.20. The minimum atomic E-state index is 0. The van der Waals surface area contributed by atoms with E-state index in [-0.39, 0.29) is 12.4 Å². The number of hydrogen-bond donors (Lipinski definition) is 1. The maximum absolute atomic E-state index is 9.94. The van der Waals surface area contributed by atoms with Crippen molar-refractivity contribution in [1.29, 1.82) is 5.26 Å². The first-order valence-corrected chi connectivity index (χ1v) is 10.5. The number of piperidine rings is 1. The van der Waals surface area contributed by atoms with Gasteiger partial charge in [0, 0.05) is 19.7 Å². The van der Waals surface area contributed by atoms with E-state index >= 15 is 0 Å². The van der Waals surface area contributed by atoms with Crippen LogP contribution in [0.2, 0.25) is 0 Å². The average molecular weight is 409 g/mol. The molecule has 0 amide bonds. The van der Waals surface area contributed by atoms with Crippen molar-refractivity contribution in [3.8, 4) is 6.07 Å². The van der Waals surface area contributed by atoms with E-state index in [1.165, 1.54) is 29.8 Å². The van der Waals surface area contributed by atoms with Gasteiger partial charge in [0.2, 0.25) is 0 Å². The number of halogens is 1. The molecular formula is C23H25ClN4O. The molecule has 150 valence electrons. The standard InChI is InChI=1S/C23H24N4O.ClH/c24-10-18-16-4-3-5-17(16)23(26-11-14-8-9-15(12-26)19(14)13-28)27-21-7-2-1-6-20(21)25-22(18)27;/h1-2,6-7,14-15,19,28H,3-5,8-9,11-13H2;1H/t14-,15+,19?;. The Morgan fingerprint density at radius 3 is 2.55 bits per heavy atom. The van der Waals surface area contributed by atoms with Crippen LogP contribution in [0.15, 0.2) is 24.3 Å². The summed E-state index contributed by atoms with van der Waals surface area (Å²) >= 11 is 0. The Hall–Kier alpha value is -2.29. The highest BCUT2D eigenvalue weighted by Crippen LogP contribution is 2.45. The molecule has 6 heteroatoms. The summed E-state index contributed by atoms with van der Waals surface area (Å²) in [7, 11) is 0. The van der Waals surface area contributed by atoms with Crippen molar-refractivity contribution in [2.24, 2.45) is 17.8 Å². The van der Waals surface area contributed by atoms with E-state index in [1.54, 1.807) is 0 Å². The Morgan fingerprint density at radius 2 is 1.83 bits per heavy atom. The normalized spacial score (nSPS) is 25.2. The first-order chi connectivity index (χ1) is 13.8. The molecular weight excluding hydrogens is 384 g/mol. The Morgan fingerprint density at radius 1 is 1.10 bits per heavy atom. The summed E-state index contributed by atoms with van der Waals surface area (Å²) in [6, 6.07) is 10.7. The zero-order valence-corrected chi connectivity index (χ0v) is 17.2. The van der Waals surface area contributed by atoms with E-state index < -0.39 is 0 Å². The van der Waals surface area contributed by atoms with E-state index in [2.05, 4.69) is 27.5 Å². The quantitative estimate of drug-likeness (QED) is 0.701. The lowest BCUT2D eigenvalue weighted by atomic mass is 9.85. The van der Waals surface area contributed by atoms with Crippen LogP contribution in [0.25, 0.3) is 16.7 Å². The van der Waals surface area contributed by atoms with Crippen molar-refractivity contribution in [1.82, 2.24) is 9.38 Å². The number of aliphatic hydroxyl groups excluding tert-OH is 1. The molecule has 6 rings (SSSR count). The molecule has 3 aliphatic rings. The number of hydrogen-bond acceptors (Lipinski definition) is 4. The molecule has 1 unspecified atom stereocenters. The molecule has 1 saturated carbocycles. The maximum atomic E-state index is 9.94. The van der Waals surface area contributed by atoms with Crippen LogP contribution < -0.4 is 4.90 Å². The molecule has 1 aromatic carbocycles. The minimum Gasteiger partial charge on any atom is -0.396 e. The fourth-order valence-corrected chi connectivity index (χ4v) is 6.20. The zero-order chi connectivity index (χ0) is 18.8. The van der Waals surface area contributed by atoms with Gasteiger partial charge >= 0.3 is 0 Å². The van der Waals surface area contributed by atoms with Gasteiger partial charge in [-0.3, -0.25) is 4.40 Å². The molecule has 3 heterocycles. The Kier molecular flexibility index (Phi) is 4.45. The highest BCUT2D eigenvalue weighted by Gasteiger charge is 2.43. The smallest absolute Gasteiger partial charge is 0.157 e. The second kappa shape index (κ2) is 6.90. The van der Waals surface area contributed by atoms with E-state index in [0.717, 1.165) is 54.6 Å². The first-order valence-electron chi connectivity index (χ1n) is 10.5. The molecule has 29 heavy (non-hydrogen) atoms. The van der Waals surface area contributed by atoms with Crippen LogP contribution >= 0.6 is 12.4 Å². The van der Waals surface area contributed by atoms with Crippen molar-refractivity contribution in [2.45, 2.75) is 32.1 Å². The predicted octanol–water partition coefficient (Wildman–Crippen LogP) is 3.72. The number of imidazole rings is 1. The number of anilines is 1. The number of pyridine rings is 1. The van der Waals surface area contributed by atoms with Gasteiger partial charge in [0.15, 0.2) is 5.65 Å². The Balaban J connectivity index is 0.00000181. The minimum absolute atomic E-state index is 0. The molecule has 0 radical (unpaired) electrons. The second-order valence-electron chi connectivity index (χ2n) is 8.73. The second-order valence-corrected chi connectivity index (χ2v) is 8.73. The molecule has 2 aliphatic carbocycles. The maximum Gasteiger partial charge on any atom is 0.157 e. The predicted molar refractivity (Wildman–Crippen MR) is 116 cm³/mol. The van der Waals surface area contributed by atoms with Crippen LogP contribution in [0.5, 0.6) is 0 Å². The van der Waals surface area contributed by atoms with Crippen LogP contribution in [-0.4, -0.2) is 34.2 Å². The number of aliphatic hydroxyl groups is 1. The van der Waals surface area contributed by atoms with E-state index in [0.29, 0.717) is 24.4 Å². The van der Waals surface area contributed by atoms with Gasteiger partial charge in [-0.1, -0.05) is 12.1 Å². The van der Waals surface area contributed by atoms with Gasteiger partial charge in [-0.25, -0.2) is 4.98 Å². The van der Waals surface area contributed by atoms with Crippen LogP contribution in [0, 0.1) is 29.1 Å². The summed E-state index contributed by atoms with van der Waals surface area (Å²) in [5.74, 6) is 2.86. The molecule has 1 N–H and O–H groups in total. The third-order valence-electron chi connectivity index (χ3n) is 7.44. The molecule has 2 bridgehead atoms.